The zero-order valence-corrected chi connectivity index (χ0v) is 15.4. The molecule has 0 aromatic heterocycles. The van der Waals surface area contributed by atoms with Crippen molar-refractivity contribution in [1.82, 2.24) is 0 Å². The number of non-ortho nitro benzene ring substituents is 1. The first-order valence-electron chi connectivity index (χ1n) is 8.69. The van der Waals surface area contributed by atoms with Crippen LogP contribution in [-0.2, 0) is 14.3 Å². The van der Waals surface area contributed by atoms with E-state index in [4.69, 9.17) is 4.74 Å². The van der Waals surface area contributed by atoms with E-state index in [1.54, 1.807) is 12.1 Å². The van der Waals surface area contributed by atoms with Crippen molar-refractivity contribution < 1.29 is 19.2 Å². The van der Waals surface area contributed by atoms with E-state index < -0.39 is 4.92 Å². The summed E-state index contributed by atoms with van der Waals surface area (Å²) < 4.78 is 5.03. The maximum Gasteiger partial charge on any atom is 0.306 e. The van der Waals surface area contributed by atoms with Gasteiger partial charge in [0.2, 0.25) is 0 Å². The molecule has 0 spiro atoms. The number of hydrazine groups is 1. The van der Waals surface area contributed by atoms with Gasteiger partial charge in [0.05, 0.1) is 22.7 Å². The van der Waals surface area contributed by atoms with Crippen molar-refractivity contribution >= 4 is 34.5 Å². The molecule has 0 saturated carbocycles. The molecule has 148 valence electrons. The molecule has 0 radical (unpaired) electrons. The minimum atomic E-state index is -0.448. The van der Waals surface area contributed by atoms with Gasteiger partial charge in [-0.25, -0.2) is 0 Å². The lowest BCUT2D eigenvalue weighted by Crippen LogP contribution is -2.14. The highest BCUT2D eigenvalue weighted by Crippen LogP contribution is 2.17. The Bertz CT molecular complexity index is 806. The molecular weight excluding hydrogens is 364 g/mol. The summed E-state index contributed by atoms with van der Waals surface area (Å²) in [5, 5.41) is 13.8. The fourth-order valence-corrected chi connectivity index (χ4v) is 2.19. The van der Waals surface area contributed by atoms with Crippen LogP contribution in [0.5, 0.6) is 0 Å². The van der Waals surface area contributed by atoms with Gasteiger partial charge in [0, 0.05) is 30.8 Å². The van der Waals surface area contributed by atoms with Gasteiger partial charge in [0.25, 0.3) is 5.69 Å². The molecule has 0 aliphatic heterocycles. The minimum absolute atomic E-state index is 0.0329. The van der Waals surface area contributed by atoms with Gasteiger partial charge in [-0.2, -0.15) is 0 Å². The van der Waals surface area contributed by atoms with Crippen LogP contribution in [0.2, 0.25) is 0 Å². The Balaban J connectivity index is 1.69. The smallest absolute Gasteiger partial charge is 0.306 e. The number of nitro benzene ring substituents is 1. The second kappa shape index (κ2) is 10.5. The molecule has 0 atom stereocenters. The monoisotopic (exact) mass is 386 g/mol. The van der Waals surface area contributed by atoms with E-state index in [2.05, 4.69) is 16.2 Å². The molecule has 0 aliphatic rings. The number of Topliss-reactive ketones (excluding diaryl/α,β-unsaturated/α-hetero) is 1. The molecule has 2 aromatic carbocycles. The molecule has 0 aliphatic carbocycles. The number of ether oxygens (including phenoxy) is 1. The maximum absolute atomic E-state index is 11.4. The van der Waals surface area contributed by atoms with Gasteiger partial charge < -0.3 is 25.7 Å². The van der Waals surface area contributed by atoms with E-state index in [0.717, 1.165) is 11.4 Å². The molecule has 3 N–H and O–H groups in total. The SMILES string of the molecule is CC(=O)CCC(=O)OCCNc1ccc(NNc2ccc([N+](=O)[O-])cc2)cc1. The molecule has 2 aromatic rings. The normalized spacial score (nSPS) is 10.0. The predicted molar refractivity (Wildman–Crippen MR) is 106 cm³/mol. The first kappa shape index (κ1) is 20.7. The Morgan fingerprint density at radius 2 is 1.46 bits per heavy atom. The highest BCUT2D eigenvalue weighted by atomic mass is 16.6. The Morgan fingerprint density at radius 1 is 0.929 bits per heavy atom. The Morgan fingerprint density at radius 3 is 2.00 bits per heavy atom. The van der Waals surface area contributed by atoms with Gasteiger partial charge in [0.15, 0.2) is 0 Å². The van der Waals surface area contributed by atoms with Gasteiger partial charge >= 0.3 is 5.97 Å². The topological polar surface area (TPSA) is 123 Å². The third-order valence-corrected chi connectivity index (χ3v) is 3.69. The van der Waals surface area contributed by atoms with Crippen LogP contribution in [0, 0.1) is 10.1 Å². The van der Waals surface area contributed by atoms with Gasteiger partial charge in [-0.15, -0.1) is 0 Å². The van der Waals surface area contributed by atoms with Gasteiger partial charge in [0.1, 0.15) is 12.4 Å². The summed E-state index contributed by atoms with van der Waals surface area (Å²) >= 11 is 0. The number of nitrogens with zero attached hydrogens (tertiary/aromatic N) is 1. The summed E-state index contributed by atoms with van der Waals surface area (Å²) in [6.07, 6.45) is 0.312. The van der Waals surface area contributed by atoms with Crippen molar-refractivity contribution in [2.75, 3.05) is 29.3 Å². The van der Waals surface area contributed by atoms with Gasteiger partial charge in [-0.3, -0.25) is 14.9 Å². The number of nitrogens with one attached hydrogen (secondary N) is 3. The minimum Gasteiger partial charge on any atom is -0.464 e. The molecular formula is C19H22N4O5. The zero-order chi connectivity index (χ0) is 20.4. The first-order valence-corrected chi connectivity index (χ1v) is 8.69. The van der Waals surface area contributed by atoms with E-state index in [1.165, 1.54) is 19.1 Å². The van der Waals surface area contributed by atoms with Crippen LogP contribution >= 0.6 is 0 Å². The second-order valence-electron chi connectivity index (χ2n) is 5.98. The summed E-state index contributed by atoms with van der Waals surface area (Å²) in [5.74, 6) is -0.416. The van der Waals surface area contributed by atoms with E-state index in [-0.39, 0.29) is 36.9 Å². The van der Waals surface area contributed by atoms with Crippen molar-refractivity contribution in [3.05, 3.63) is 58.6 Å². The third kappa shape index (κ3) is 7.32. The van der Waals surface area contributed by atoms with Crippen LogP contribution in [0.3, 0.4) is 0 Å². The van der Waals surface area contributed by atoms with Crippen LogP contribution in [0.25, 0.3) is 0 Å². The highest BCUT2D eigenvalue weighted by molar-refractivity contribution is 5.80. The van der Waals surface area contributed by atoms with E-state index in [1.807, 2.05) is 24.3 Å². The zero-order valence-electron chi connectivity index (χ0n) is 15.4. The molecule has 2 rings (SSSR count). The van der Waals surface area contributed by atoms with E-state index in [9.17, 15) is 19.7 Å². The van der Waals surface area contributed by atoms with Gasteiger partial charge in [-0.05, 0) is 43.3 Å². The van der Waals surface area contributed by atoms with Crippen LogP contribution < -0.4 is 16.2 Å². The number of benzene rings is 2. The first-order chi connectivity index (χ1) is 13.4. The summed E-state index contributed by atoms with van der Waals surface area (Å²) in [5.41, 5.74) is 8.35. The largest absolute Gasteiger partial charge is 0.464 e. The fraction of sp³-hybridized carbons (Fsp3) is 0.263. The average Bonchev–Trinajstić information content (AvgIpc) is 2.69. The third-order valence-electron chi connectivity index (χ3n) is 3.69. The number of nitro groups is 1. The van der Waals surface area contributed by atoms with Crippen molar-refractivity contribution in [3.63, 3.8) is 0 Å². The quantitative estimate of drug-likeness (QED) is 0.232. The number of ketones is 1. The Labute approximate surface area is 162 Å². The van der Waals surface area contributed by atoms with Crippen LogP contribution in [0.15, 0.2) is 48.5 Å². The molecule has 0 heterocycles. The van der Waals surface area contributed by atoms with Crippen molar-refractivity contribution in [1.29, 1.82) is 0 Å². The van der Waals surface area contributed by atoms with Crippen molar-refractivity contribution in [2.24, 2.45) is 0 Å². The van der Waals surface area contributed by atoms with Crippen LogP contribution in [0.4, 0.5) is 22.7 Å². The molecule has 0 fully saturated rings. The average molecular weight is 386 g/mol. The number of hydrogen-bond acceptors (Lipinski definition) is 8. The van der Waals surface area contributed by atoms with Gasteiger partial charge in [-0.1, -0.05) is 0 Å². The van der Waals surface area contributed by atoms with Crippen molar-refractivity contribution in [3.8, 4) is 0 Å². The molecule has 0 bridgehead atoms. The molecule has 0 saturated heterocycles. The lowest BCUT2D eigenvalue weighted by atomic mass is 10.2. The number of hydrogen-bond donors (Lipinski definition) is 3. The number of carbonyl (C=O) groups is 2. The number of anilines is 3. The Hall–Kier alpha value is -3.62. The molecule has 28 heavy (non-hydrogen) atoms. The molecule has 0 unspecified atom stereocenters. The fourth-order valence-electron chi connectivity index (χ4n) is 2.19. The second-order valence-corrected chi connectivity index (χ2v) is 5.98. The number of esters is 1. The summed E-state index contributed by atoms with van der Waals surface area (Å²) in [7, 11) is 0. The summed E-state index contributed by atoms with van der Waals surface area (Å²) in [6, 6.07) is 13.5. The van der Waals surface area contributed by atoms with Crippen LogP contribution in [0.1, 0.15) is 19.8 Å². The molecule has 0 amide bonds. The lowest BCUT2D eigenvalue weighted by Gasteiger charge is -2.11. The maximum atomic E-state index is 11.4. The Kier molecular flexibility index (Phi) is 7.77. The van der Waals surface area contributed by atoms with Crippen molar-refractivity contribution in [2.45, 2.75) is 19.8 Å². The van der Waals surface area contributed by atoms with E-state index in [0.29, 0.717) is 12.2 Å². The summed E-state index contributed by atoms with van der Waals surface area (Å²) in [6.45, 7) is 2.12. The summed E-state index contributed by atoms with van der Waals surface area (Å²) in [4.78, 5) is 32.4. The van der Waals surface area contributed by atoms with E-state index >= 15 is 0 Å². The van der Waals surface area contributed by atoms with Crippen LogP contribution in [-0.4, -0.2) is 29.8 Å². The predicted octanol–water partition coefficient (Wildman–Crippen LogP) is 3.36. The molecule has 9 heteroatoms. The molecule has 9 nitrogen and oxygen atoms in total. The highest BCUT2D eigenvalue weighted by Gasteiger charge is 2.05. The standard InChI is InChI=1S/C19H22N4O5/c1-14(24)2-11-19(25)28-13-12-20-15-3-5-16(6-4-15)21-22-17-7-9-18(10-8-17)23(26)27/h3-10,20-22H,2,11-13H2,1H3. The number of carbonyl (C=O) groups excluding carboxylic acids is 2. The lowest BCUT2D eigenvalue weighted by molar-refractivity contribution is -0.384. The number of rotatable bonds is 11.